The Balaban J connectivity index is 1.01. The van der Waals surface area contributed by atoms with Crippen molar-refractivity contribution in [3.63, 3.8) is 0 Å². The monoisotopic (exact) mass is 707 g/mol. The summed E-state index contributed by atoms with van der Waals surface area (Å²) < 4.78 is 22.0. The smallest absolute Gasteiger partial charge is 0.229 e. The van der Waals surface area contributed by atoms with E-state index in [-0.39, 0.29) is 49.6 Å². The highest BCUT2D eigenvalue weighted by Gasteiger charge is 2.27. The molecule has 1 aliphatic heterocycles. The summed E-state index contributed by atoms with van der Waals surface area (Å²) in [5.74, 6) is -0.390. The van der Waals surface area contributed by atoms with Gasteiger partial charge in [0.1, 0.15) is 11.4 Å². The van der Waals surface area contributed by atoms with Crippen LogP contribution in [0.25, 0.3) is 22.5 Å². The molecule has 0 saturated carbocycles. The predicted octanol–water partition coefficient (Wildman–Crippen LogP) is 2.32. The topological polar surface area (TPSA) is 177 Å². The van der Waals surface area contributed by atoms with Gasteiger partial charge in [0, 0.05) is 64.0 Å². The number of ether oxygens (including phenoxy) is 4. The fraction of sp³-hybridized carbons (Fsp3) is 0.500. The van der Waals surface area contributed by atoms with E-state index in [1.165, 1.54) is 0 Å². The van der Waals surface area contributed by atoms with E-state index in [1.54, 1.807) is 23.9 Å². The van der Waals surface area contributed by atoms with E-state index in [9.17, 15) is 19.2 Å². The van der Waals surface area contributed by atoms with Crippen molar-refractivity contribution in [2.45, 2.75) is 38.6 Å². The first-order chi connectivity index (χ1) is 24.9. The molecule has 0 fully saturated rings. The Bertz CT molecular complexity index is 1570. The van der Waals surface area contributed by atoms with Gasteiger partial charge in [-0.05, 0) is 18.1 Å². The fourth-order valence-corrected chi connectivity index (χ4v) is 5.38. The number of anilines is 1. The van der Waals surface area contributed by atoms with Crippen LogP contribution in [0.15, 0.2) is 48.5 Å². The number of hydrogen-bond donors (Lipinski definition) is 3. The second kappa shape index (κ2) is 21.5. The number of aromatic nitrogens is 3. The molecule has 276 valence electrons. The molecule has 3 N–H and O–H groups in total. The van der Waals surface area contributed by atoms with Crippen LogP contribution in [0.1, 0.15) is 37.7 Å². The van der Waals surface area contributed by atoms with Crippen LogP contribution >= 0.6 is 0 Å². The molecular weight excluding hydrogens is 658 g/mol. The number of benzene rings is 2. The van der Waals surface area contributed by atoms with Gasteiger partial charge in [0.25, 0.3) is 0 Å². The second-order valence-electron chi connectivity index (χ2n) is 11.8. The summed E-state index contributed by atoms with van der Waals surface area (Å²) in [6, 6.07) is 15.5. The number of carbonyl (C=O) groups is 4. The quantitative estimate of drug-likeness (QED) is 0.131. The Morgan fingerprint density at radius 3 is 2.06 bits per heavy atom. The molecule has 15 nitrogen and oxygen atoms in total. The van der Waals surface area contributed by atoms with Gasteiger partial charge in [-0.25, -0.2) is 0 Å². The van der Waals surface area contributed by atoms with E-state index in [4.69, 9.17) is 18.9 Å². The van der Waals surface area contributed by atoms with E-state index in [1.807, 2.05) is 48.5 Å². The van der Waals surface area contributed by atoms with Gasteiger partial charge in [0.2, 0.25) is 23.6 Å². The molecule has 0 unspecified atom stereocenters. The van der Waals surface area contributed by atoms with Crippen molar-refractivity contribution in [2.24, 2.45) is 0 Å². The lowest BCUT2D eigenvalue weighted by Gasteiger charge is -2.28. The number of fused-ring (bicyclic) bond motifs is 5. The number of aromatic amines is 1. The highest BCUT2D eigenvalue weighted by Crippen LogP contribution is 2.39. The lowest BCUT2D eigenvalue weighted by Crippen LogP contribution is -2.35. The van der Waals surface area contributed by atoms with Crippen molar-refractivity contribution >= 4 is 29.3 Å². The Hall–Kier alpha value is -4.70. The third kappa shape index (κ3) is 12.5. The first kappa shape index (κ1) is 39.1. The van der Waals surface area contributed by atoms with Crippen LogP contribution in [-0.4, -0.2) is 124 Å². The Morgan fingerprint density at radius 2 is 1.35 bits per heavy atom. The zero-order valence-electron chi connectivity index (χ0n) is 29.5. The van der Waals surface area contributed by atoms with E-state index in [0.717, 1.165) is 28.1 Å². The molecule has 3 aromatic rings. The first-order valence-electron chi connectivity index (χ1n) is 17.3. The summed E-state index contributed by atoms with van der Waals surface area (Å²) >= 11 is 0. The van der Waals surface area contributed by atoms with Crippen LogP contribution in [0.5, 0.6) is 0 Å². The lowest BCUT2D eigenvalue weighted by atomic mass is 9.96. The normalized spacial score (nSPS) is 11.8. The maximum atomic E-state index is 13.5. The summed E-state index contributed by atoms with van der Waals surface area (Å²) in [6.07, 6.45) is 1.50. The average molecular weight is 708 g/mol. The summed E-state index contributed by atoms with van der Waals surface area (Å²) in [5.41, 5.74) is 4.86. The molecule has 4 rings (SSSR count). The lowest BCUT2D eigenvalue weighted by molar-refractivity contribution is -0.131. The van der Waals surface area contributed by atoms with Gasteiger partial charge in [0.15, 0.2) is 0 Å². The van der Waals surface area contributed by atoms with Gasteiger partial charge < -0.3 is 39.4 Å². The summed E-state index contributed by atoms with van der Waals surface area (Å²) in [6.45, 7) is 4.03. The maximum absolute atomic E-state index is 13.5. The van der Waals surface area contributed by atoms with Crippen molar-refractivity contribution in [2.75, 3.05) is 84.9 Å². The van der Waals surface area contributed by atoms with Crippen LogP contribution in [0, 0.1) is 0 Å². The molecule has 0 aliphatic carbocycles. The zero-order valence-corrected chi connectivity index (χ0v) is 29.5. The van der Waals surface area contributed by atoms with Gasteiger partial charge in [-0.15, -0.1) is 0 Å². The number of H-pyrrole nitrogens is 1. The molecule has 0 spiro atoms. The molecule has 1 aliphatic rings. The number of rotatable bonds is 22. The molecule has 51 heavy (non-hydrogen) atoms. The average Bonchev–Trinajstić information content (AvgIpc) is 3.62. The minimum Gasteiger partial charge on any atom is -0.379 e. The Morgan fingerprint density at radius 1 is 0.745 bits per heavy atom. The molecule has 15 heteroatoms. The minimum absolute atomic E-state index is 0.0154. The highest BCUT2D eigenvalue weighted by atomic mass is 16.6. The number of hydrogen-bond acceptors (Lipinski definition) is 10. The van der Waals surface area contributed by atoms with Crippen molar-refractivity contribution < 1.29 is 38.1 Å². The summed E-state index contributed by atoms with van der Waals surface area (Å²) in [7, 11) is 3.30. The summed E-state index contributed by atoms with van der Waals surface area (Å²) in [4.78, 5) is 52.5. The van der Waals surface area contributed by atoms with Gasteiger partial charge in [-0.3, -0.25) is 19.2 Å². The highest BCUT2D eigenvalue weighted by molar-refractivity contribution is 6.00. The van der Waals surface area contributed by atoms with Crippen LogP contribution < -0.4 is 15.5 Å². The standard InChI is InChI=1S/C36H49N7O8/c1-37-31(44)12-7-13-33(46)42(2)17-19-49-21-23-51-25-24-50-22-20-48-18-15-32(45)38-16-14-34(47)43-26-27-8-3-4-9-28(27)35-36(40-41-39-35)29-10-5-6-11-30(29)43/h3-6,8-11H,7,12-26H2,1-2H3,(H,37,44)(H,38,45)(H,39,40,41). The van der Waals surface area contributed by atoms with E-state index >= 15 is 0 Å². The largest absolute Gasteiger partial charge is 0.379 e. The number of nitrogens with one attached hydrogen (secondary N) is 3. The molecular formula is C36H49N7O8. The first-order valence-corrected chi connectivity index (χ1v) is 17.3. The molecule has 2 heterocycles. The Labute approximate surface area is 298 Å². The number of likely N-dealkylation sites (N-methyl/N-ethyl adjacent to an activating group) is 1. The van der Waals surface area contributed by atoms with Gasteiger partial charge in [0.05, 0.1) is 65.1 Å². The fourth-order valence-electron chi connectivity index (χ4n) is 5.38. The molecule has 0 bridgehead atoms. The maximum Gasteiger partial charge on any atom is 0.229 e. The van der Waals surface area contributed by atoms with E-state index in [2.05, 4.69) is 26.0 Å². The minimum atomic E-state index is -0.193. The molecule has 2 aromatic carbocycles. The van der Waals surface area contributed by atoms with Crippen LogP contribution in [0.3, 0.4) is 0 Å². The number of carbonyl (C=O) groups excluding carboxylic acids is 4. The molecule has 1 aromatic heterocycles. The van der Waals surface area contributed by atoms with Crippen molar-refractivity contribution in [1.29, 1.82) is 0 Å². The van der Waals surface area contributed by atoms with Crippen molar-refractivity contribution in [1.82, 2.24) is 30.9 Å². The van der Waals surface area contributed by atoms with Crippen molar-refractivity contribution in [3.8, 4) is 22.5 Å². The number of nitrogens with zero attached hydrogens (tertiary/aromatic N) is 4. The van der Waals surface area contributed by atoms with E-state index < -0.39 is 0 Å². The van der Waals surface area contributed by atoms with Gasteiger partial charge in [-0.1, -0.05) is 42.5 Å². The molecule has 0 saturated heterocycles. The Kier molecular flexibility index (Phi) is 16.5. The van der Waals surface area contributed by atoms with Crippen LogP contribution in [0.4, 0.5) is 5.69 Å². The molecule has 0 radical (unpaired) electrons. The molecule has 4 amide bonds. The second-order valence-corrected chi connectivity index (χ2v) is 11.8. The van der Waals surface area contributed by atoms with Crippen LogP contribution in [-0.2, 0) is 44.7 Å². The summed E-state index contributed by atoms with van der Waals surface area (Å²) in [5, 5.41) is 16.9. The van der Waals surface area contributed by atoms with Crippen molar-refractivity contribution in [3.05, 3.63) is 54.1 Å². The molecule has 0 atom stereocenters. The zero-order chi connectivity index (χ0) is 36.3. The number of para-hydroxylation sites is 1. The number of amides is 4. The van der Waals surface area contributed by atoms with E-state index in [0.29, 0.717) is 84.3 Å². The SMILES string of the molecule is CNC(=O)CCCC(=O)N(C)CCOCCOCCOCCOCCC(=O)NCCC(=O)N1Cc2ccccc2-c2n[nH]nc2-c2ccccc21. The van der Waals surface area contributed by atoms with Gasteiger partial charge >= 0.3 is 0 Å². The van der Waals surface area contributed by atoms with Gasteiger partial charge in [-0.2, -0.15) is 15.4 Å². The third-order valence-corrected chi connectivity index (χ3v) is 8.22. The van der Waals surface area contributed by atoms with Crippen LogP contribution in [0.2, 0.25) is 0 Å². The third-order valence-electron chi connectivity index (χ3n) is 8.22. The predicted molar refractivity (Wildman–Crippen MR) is 190 cm³/mol.